The lowest BCUT2D eigenvalue weighted by Gasteiger charge is -2.17. The summed E-state index contributed by atoms with van der Waals surface area (Å²) < 4.78 is 16.4. The van der Waals surface area contributed by atoms with Gasteiger partial charge in [0.05, 0.1) is 22.1 Å². The van der Waals surface area contributed by atoms with Crippen molar-refractivity contribution in [3.63, 3.8) is 0 Å². The van der Waals surface area contributed by atoms with Crippen LogP contribution >= 0.6 is 15.9 Å². The zero-order chi connectivity index (χ0) is 15.4. The van der Waals surface area contributed by atoms with Crippen LogP contribution in [-0.4, -0.2) is 21.8 Å². The van der Waals surface area contributed by atoms with Gasteiger partial charge in [-0.15, -0.1) is 0 Å². The van der Waals surface area contributed by atoms with E-state index in [1.165, 1.54) is 12.3 Å². The van der Waals surface area contributed by atoms with E-state index in [2.05, 4.69) is 45.2 Å². The third-order valence-corrected chi connectivity index (χ3v) is 4.48. The van der Waals surface area contributed by atoms with E-state index in [0.29, 0.717) is 0 Å². The van der Waals surface area contributed by atoms with Crippen LogP contribution < -0.4 is 5.32 Å². The number of pyridine rings is 1. The first-order chi connectivity index (χ1) is 10.1. The highest BCUT2D eigenvalue weighted by Crippen LogP contribution is 2.27. The molecule has 0 aliphatic rings. The first-order valence-electron chi connectivity index (χ1n) is 7.12. The molecule has 114 valence electrons. The summed E-state index contributed by atoms with van der Waals surface area (Å²) >= 11 is 3.65. The molecule has 0 spiro atoms. The van der Waals surface area contributed by atoms with E-state index in [4.69, 9.17) is 0 Å². The smallest absolute Gasteiger partial charge is 0.141 e. The maximum absolute atomic E-state index is 13.4. The number of halogens is 2. The van der Waals surface area contributed by atoms with Crippen molar-refractivity contribution in [1.82, 2.24) is 20.1 Å². The van der Waals surface area contributed by atoms with Crippen LogP contribution in [0.25, 0.3) is 0 Å². The standard InChI is InChI=1S/C15H20BrFN4/c1-4-12-15(16)14(21(5-2)20-12)7-13(18-3)10-6-11(17)9-19-8-10/h6,8-9,13,18H,4-5,7H2,1-3H3. The Labute approximate surface area is 132 Å². The number of likely N-dealkylation sites (N-methyl/N-ethyl adjacent to an activating group) is 1. The van der Waals surface area contributed by atoms with E-state index in [-0.39, 0.29) is 11.9 Å². The van der Waals surface area contributed by atoms with Gasteiger partial charge < -0.3 is 5.32 Å². The van der Waals surface area contributed by atoms with Crippen LogP contribution in [0.2, 0.25) is 0 Å². The third-order valence-electron chi connectivity index (χ3n) is 3.57. The van der Waals surface area contributed by atoms with E-state index in [9.17, 15) is 4.39 Å². The van der Waals surface area contributed by atoms with Crippen molar-refractivity contribution in [2.24, 2.45) is 0 Å². The van der Waals surface area contributed by atoms with Crippen LogP contribution in [0.3, 0.4) is 0 Å². The molecule has 0 aromatic carbocycles. The lowest BCUT2D eigenvalue weighted by atomic mass is 10.0. The van der Waals surface area contributed by atoms with Crippen LogP contribution in [-0.2, 0) is 19.4 Å². The van der Waals surface area contributed by atoms with Crippen LogP contribution in [0.15, 0.2) is 22.9 Å². The van der Waals surface area contributed by atoms with Crippen LogP contribution in [0, 0.1) is 5.82 Å². The summed E-state index contributed by atoms with van der Waals surface area (Å²) in [5.41, 5.74) is 3.02. The molecular weight excluding hydrogens is 335 g/mol. The first-order valence-corrected chi connectivity index (χ1v) is 7.91. The van der Waals surface area contributed by atoms with Crippen molar-refractivity contribution in [1.29, 1.82) is 0 Å². The van der Waals surface area contributed by atoms with Crippen molar-refractivity contribution in [3.8, 4) is 0 Å². The van der Waals surface area contributed by atoms with Crippen LogP contribution in [0.1, 0.15) is 36.8 Å². The number of hydrogen-bond donors (Lipinski definition) is 1. The Balaban J connectivity index is 2.32. The third kappa shape index (κ3) is 3.49. The molecule has 0 bridgehead atoms. The number of rotatable bonds is 6. The summed E-state index contributed by atoms with van der Waals surface area (Å²) in [7, 11) is 1.87. The van der Waals surface area contributed by atoms with Crippen LogP contribution in [0.5, 0.6) is 0 Å². The normalized spacial score (nSPS) is 12.6. The van der Waals surface area contributed by atoms with Gasteiger partial charge in [-0.3, -0.25) is 9.67 Å². The Kier molecular flexibility index (Phi) is 5.47. The molecule has 2 heterocycles. The summed E-state index contributed by atoms with van der Waals surface area (Å²) in [6.07, 6.45) is 4.53. The van der Waals surface area contributed by atoms with E-state index in [1.54, 1.807) is 6.20 Å². The van der Waals surface area contributed by atoms with Crippen molar-refractivity contribution in [2.75, 3.05) is 7.05 Å². The topological polar surface area (TPSA) is 42.7 Å². The molecule has 1 atom stereocenters. The average Bonchev–Trinajstić information content (AvgIpc) is 2.80. The lowest BCUT2D eigenvalue weighted by molar-refractivity contribution is 0.532. The van der Waals surface area contributed by atoms with Gasteiger partial charge >= 0.3 is 0 Å². The number of aromatic nitrogens is 3. The predicted molar refractivity (Wildman–Crippen MR) is 84.7 cm³/mol. The molecule has 0 radical (unpaired) electrons. The molecule has 2 aromatic heterocycles. The Morgan fingerprint density at radius 3 is 2.71 bits per heavy atom. The number of nitrogens with zero attached hydrogens (tertiary/aromatic N) is 3. The van der Waals surface area contributed by atoms with Gasteiger partial charge in [0.15, 0.2) is 0 Å². The van der Waals surface area contributed by atoms with Gasteiger partial charge in [-0.05, 0) is 48.0 Å². The van der Waals surface area contributed by atoms with E-state index < -0.39 is 0 Å². The highest BCUT2D eigenvalue weighted by molar-refractivity contribution is 9.10. The zero-order valence-corrected chi connectivity index (χ0v) is 14.1. The van der Waals surface area contributed by atoms with Crippen molar-refractivity contribution in [3.05, 3.63) is 45.7 Å². The van der Waals surface area contributed by atoms with Gasteiger partial charge in [0.2, 0.25) is 0 Å². The molecular formula is C15H20BrFN4. The highest BCUT2D eigenvalue weighted by Gasteiger charge is 2.19. The first kappa shape index (κ1) is 16.1. The molecule has 4 nitrogen and oxygen atoms in total. The zero-order valence-electron chi connectivity index (χ0n) is 12.5. The van der Waals surface area contributed by atoms with E-state index >= 15 is 0 Å². The van der Waals surface area contributed by atoms with Gasteiger partial charge in [-0.25, -0.2) is 4.39 Å². The Morgan fingerprint density at radius 2 is 2.14 bits per heavy atom. The molecule has 0 aliphatic heterocycles. The fourth-order valence-electron chi connectivity index (χ4n) is 2.41. The Bertz CT molecular complexity index is 612. The van der Waals surface area contributed by atoms with Crippen molar-refractivity contribution >= 4 is 15.9 Å². The largest absolute Gasteiger partial charge is 0.313 e. The van der Waals surface area contributed by atoms with Gasteiger partial charge in [-0.2, -0.15) is 5.10 Å². The minimum Gasteiger partial charge on any atom is -0.313 e. The quantitative estimate of drug-likeness (QED) is 0.865. The number of hydrogen-bond acceptors (Lipinski definition) is 3. The molecule has 0 amide bonds. The Hall–Kier alpha value is -1.27. The minimum absolute atomic E-state index is 0.00351. The van der Waals surface area contributed by atoms with Crippen molar-refractivity contribution < 1.29 is 4.39 Å². The molecule has 6 heteroatoms. The summed E-state index contributed by atoms with van der Waals surface area (Å²) in [6, 6.07) is 1.52. The highest BCUT2D eigenvalue weighted by atomic mass is 79.9. The SMILES string of the molecule is CCc1nn(CC)c(CC(NC)c2cncc(F)c2)c1Br. The summed E-state index contributed by atoms with van der Waals surface area (Å²) in [5, 5.41) is 7.83. The monoisotopic (exact) mass is 354 g/mol. The fourth-order valence-corrected chi connectivity index (χ4v) is 3.14. The molecule has 21 heavy (non-hydrogen) atoms. The molecule has 0 aliphatic carbocycles. The second kappa shape index (κ2) is 7.13. The molecule has 1 N–H and O–H groups in total. The summed E-state index contributed by atoms with van der Waals surface area (Å²) in [4.78, 5) is 3.93. The minimum atomic E-state index is -0.315. The second-order valence-electron chi connectivity index (χ2n) is 4.86. The van der Waals surface area contributed by atoms with Gasteiger partial charge in [0, 0.05) is 25.2 Å². The maximum Gasteiger partial charge on any atom is 0.141 e. The molecule has 0 saturated carbocycles. The molecule has 0 fully saturated rings. The Morgan fingerprint density at radius 1 is 1.38 bits per heavy atom. The molecule has 1 unspecified atom stereocenters. The average molecular weight is 355 g/mol. The molecule has 0 saturated heterocycles. The second-order valence-corrected chi connectivity index (χ2v) is 5.65. The van der Waals surface area contributed by atoms with Crippen LogP contribution in [0.4, 0.5) is 4.39 Å². The van der Waals surface area contributed by atoms with Gasteiger partial charge in [-0.1, -0.05) is 6.92 Å². The predicted octanol–water partition coefficient (Wildman–Crippen LogP) is 3.27. The summed E-state index contributed by atoms with van der Waals surface area (Å²) in [6.45, 7) is 4.97. The number of aryl methyl sites for hydroxylation is 2. The molecule has 2 rings (SSSR count). The fraction of sp³-hybridized carbons (Fsp3) is 0.467. The maximum atomic E-state index is 13.4. The van der Waals surface area contributed by atoms with E-state index in [1.807, 2.05) is 11.7 Å². The van der Waals surface area contributed by atoms with Crippen molar-refractivity contribution in [2.45, 2.75) is 39.3 Å². The van der Waals surface area contributed by atoms with Gasteiger partial charge in [0.1, 0.15) is 5.82 Å². The van der Waals surface area contributed by atoms with E-state index in [0.717, 1.165) is 40.8 Å². The van der Waals surface area contributed by atoms with Gasteiger partial charge in [0.25, 0.3) is 0 Å². The summed E-state index contributed by atoms with van der Waals surface area (Å²) in [5.74, 6) is -0.315. The number of nitrogens with one attached hydrogen (secondary N) is 1. The molecule has 2 aromatic rings. The lowest BCUT2D eigenvalue weighted by Crippen LogP contribution is -2.21.